The Kier molecular flexibility index (Phi) is 8.19. The summed E-state index contributed by atoms with van der Waals surface area (Å²) in [7, 11) is 1.66. The van der Waals surface area contributed by atoms with Crippen molar-refractivity contribution in [2.24, 2.45) is 5.73 Å². The van der Waals surface area contributed by atoms with Gasteiger partial charge in [0.25, 0.3) is 0 Å². The lowest BCUT2D eigenvalue weighted by molar-refractivity contribution is 0.164. The number of rotatable bonds is 5. The van der Waals surface area contributed by atoms with Gasteiger partial charge < -0.3 is 25.8 Å². The molecule has 2 aromatic rings. The molecule has 0 bridgehead atoms. The van der Waals surface area contributed by atoms with E-state index in [2.05, 4.69) is 20.9 Å². The summed E-state index contributed by atoms with van der Waals surface area (Å²) in [5, 5.41) is 0. The summed E-state index contributed by atoms with van der Waals surface area (Å²) in [6.45, 7) is 1.75. The van der Waals surface area contributed by atoms with E-state index in [-0.39, 0.29) is 37.0 Å². The van der Waals surface area contributed by atoms with Gasteiger partial charge in [-0.25, -0.2) is 4.98 Å². The van der Waals surface area contributed by atoms with Gasteiger partial charge in [-0.2, -0.15) is 4.98 Å². The van der Waals surface area contributed by atoms with Crippen LogP contribution in [0.5, 0.6) is 11.5 Å². The van der Waals surface area contributed by atoms with E-state index in [9.17, 15) is 0 Å². The molecule has 7 nitrogen and oxygen atoms in total. The van der Waals surface area contributed by atoms with Crippen molar-refractivity contribution >= 4 is 36.6 Å². The maximum Gasteiger partial charge on any atom is 0.222 e. The van der Waals surface area contributed by atoms with Gasteiger partial charge in [-0.1, -0.05) is 12.1 Å². The number of nitrogens with zero attached hydrogens (tertiary/aromatic N) is 3. The van der Waals surface area contributed by atoms with Crippen LogP contribution in [0.4, 0.5) is 11.8 Å². The van der Waals surface area contributed by atoms with Crippen LogP contribution in [0.3, 0.4) is 0 Å². The zero-order valence-electron chi connectivity index (χ0n) is 16.5. The van der Waals surface area contributed by atoms with E-state index in [1.165, 1.54) is 0 Å². The van der Waals surface area contributed by atoms with Crippen LogP contribution < -0.4 is 25.8 Å². The average molecular weight is 442 g/mol. The quantitative estimate of drug-likeness (QED) is 0.734. The van der Waals surface area contributed by atoms with E-state index in [4.69, 9.17) is 20.9 Å². The van der Waals surface area contributed by atoms with Crippen LogP contribution in [0.2, 0.25) is 0 Å². The molecule has 0 amide bonds. The second kappa shape index (κ2) is 10.2. The Hall–Kier alpha value is -1.96. The number of benzene rings is 1. The summed E-state index contributed by atoms with van der Waals surface area (Å²) in [6.07, 6.45) is 3.97. The summed E-state index contributed by atoms with van der Waals surface area (Å²) >= 11 is 0. The number of para-hydroxylation sites is 2. The number of anilines is 2. The number of nitrogens with two attached hydrogens (primary N) is 2. The monoisotopic (exact) mass is 441 g/mol. The number of halogens is 2. The van der Waals surface area contributed by atoms with Crippen molar-refractivity contribution in [1.29, 1.82) is 0 Å². The van der Waals surface area contributed by atoms with Crippen molar-refractivity contribution in [3.05, 3.63) is 36.0 Å². The molecule has 0 atom stereocenters. The molecule has 160 valence electrons. The minimum atomic E-state index is 0. The number of aromatic nitrogens is 2. The molecule has 0 radical (unpaired) electrons. The highest BCUT2D eigenvalue weighted by molar-refractivity contribution is 5.85. The summed E-state index contributed by atoms with van der Waals surface area (Å²) in [5.41, 5.74) is 12.9. The van der Waals surface area contributed by atoms with E-state index in [0.29, 0.717) is 11.9 Å². The number of hydrogen-bond acceptors (Lipinski definition) is 7. The number of nitrogen functional groups attached to an aromatic ring is 1. The summed E-state index contributed by atoms with van der Waals surface area (Å²) in [4.78, 5) is 11.1. The largest absolute Gasteiger partial charge is 0.493 e. The zero-order chi connectivity index (χ0) is 18.8. The van der Waals surface area contributed by atoms with Crippen molar-refractivity contribution in [1.82, 2.24) is 9.97 Å². The molecule has 1 aliphatic heterocycles. The van der Waals surface area contributed by atoms with E-state index in [1.54, 1.807) is 7.11 Å². The van der Waals surface area contributed by atoms with Crippen LogP contribution in [-0.2, 0) is 0 Å². The molecule has 1 saturated carbocycles. The number of hydrogen-bond donors (Lipinski definition) is 2. The third-order valence-corrected chi connectivity index (χ3v) is 5.47. The third kappa shape index (κ3) is 5.35. The van der Waals surface area contributed by atoms with Gasteiger partial charge in [0.15, 0.2) is 11.5 Å². The van der Waals surface area contributed by atoms with Gasteiger partial charge in [0.1, 0.15) is 11.9 Å². The lowest BCUT2D eigenvalue weighted by Gasteiger charge is -2.35. The van der Waals surface area contributed by atoms with Gasteiger partial charge in [0.05, 0.1) is 12.8 Å². The maximum atomic E-state index is 6.16. The highest BCUT2D eigenvalue weighted by atomic mass is 35.5. The summed E-state index contributed by atoms with van der Waals surface area (Å²) in [6, 6.07) is 10.1. The van der Waals surface area contributed by atoms with E-state index >= 15 is 0 Å². The fourth-order valence-electron chi connectivity index (χ4n) is 3.84. The SMILES string of the molecule is COc1ccccc1OC1CCN(c2cc(C3CC(N)C3)nc(N)n2)CC1.Cl.Cl. The fourth-order valence-corrected chi connectivity index (χ4v) is 3.84. The number of methoxy groups -OCH3 is 1. The molecule has 1 aromatic heterocycles. The lowest BCUT2D eigenvalue weighted by atomic mass is 9.78. The smallest absolute Gasteiger partial charge is 0.222 e. The second-order valence-electron chi connectivity index (χ2n) is 7.39. The summed E-state index contributed by atoms with van der Waals surface area (Å²) < 4.78 is 11.5. The Bertz CT molecular complexity index is 796. The van der Waals surface area contributed by atoms with E-state index < -0.39 is 0 Å². The highest BCUT2D eigenvalue weighted by Gasteiger charge is 2.30. The minimum Gasteiger partial charge on any atom is -0.493 e. The van der Waals surface area contributed by atoms with E-state index in [0.717, 1.165) is 61.8 Å². The molecular weight excluding hydrogens is 413 g/mol. The molecule has 0 unspecified atom stereocenters. The standard InChI is InChI=1S/C20H27N5O2.2ClH/c1-26-17-4-2-3-5-18(17)27-15-6-8-25(9-7-15)19-12-16(23-20(22)24-19)13-10-14(21)11-13;;/h2-5,12-15H,6-11,21H2,1H3,(H2,22,23,24);2*1H. The van der Waals surface area contributed by atoms with Crippen molar-refractivity contribution in [3.8, 4) is 11.5 Å². The topological polar surface area (TPSA) is 99.5 Å². The van der Waals surface area contributed by atoms with E-state index in [1.807, 2.05) is 24.3 Å². The van der Waals surface area contributed by atoms with Gasteiger partial charge in [-0.3, -0.25) is 0 Å². The molecule has 29 heavy (non-hydrogen) atoms. The Morgan fingerprint density at radius 1 is 1.03 bits per heavy atom. The van der Waals surface area contributed by atoms with Crippen molar-refractivity contribution in [3.63, 3.8) is 0 Å². The molecule has 2 aliphatic rings. The van der Waals surface area contributed by atoms with Crippen LogP contribution in [0.1, 0.15) is 37.3 Å². The Labute approximate surface area is 184 Å². The van der Waals surface area contributed by atoms with Gasteiger partial charge in [-0.15, -0.1) is 24.8 Å². The molecule has 4 N–H and O–H groups in total. The fraction of sp³-hybridized carbons (Fsp3) is 0.500. The first-order valence-corrected chi connectivity index (χ1v) is 9.57. The molecule has 0 spiro atoms. The summed E-state index contributed by atoms with van der Waals surface area (Å²) in [5.74, 6) is 3.24. The van der Waals surface area contributed by atoms with Crippen LogP contribution in [0.15, 0.2) is 30.3 Å². The molecule has 1 aromatic carbocycles. The molecule has 1 aliphatic carbocycles. The molecule has 2 fully saturated rings. The predicted octanol–water partition coefficient (Wildman–Crippen LogP) is 3.16. The van der Waals surface area contributed by atoms with Gasteiger partial charge >= 0.3 is 0 Å². The predicted molar refractivity (Wildman–Crippen MR) is 120 cm³/mol. The van der Waals surface area contributed by atoms with Crippen molar-refractivity contribution in [2.45, 2.75) is 43.7 Å². The minimum absolute atomic E-state index is 0. The maximum absolute atomic E-state index is 6.16. The normalized spacial score (nSPS) is 21.4. The Balaban J connectivity index is 0.00000150. The van der Waals surface area contributed by atoms with Crippen LogP contribution in [-0.4, -0.2) is 42.3 Å². The third-order valence-electron chi connectivity index (χ3n) is 5.47. The molecule has 1 saturated heterocycles. The first-order valence-electron chi connectivity index (χ1n) is 9.57. The van der Waals surface area contributed by atoms with Crippen molar-refractivity contribution < 1.29 is 9.47 Å². The van der Waals surface area contributed by atoms with Crippen LogP contribution in [0, 0.1) is 0 Å². The first-order chi connectivity index (χ1) is 13.1. The van der Waals surface area contributed by atoms with Crippen molar-refractivity contribution in [2.75, 3.05) is 30.8 Å². The van der Waals surface area contributed by atoms with Crippen LogP contribution >= 0.6 is 24.8 Å². The second-order valence-corrected chi connectivity index (χ2v) is 7.39. The molecule has 2 heterocycles. The highest BCUT2D eigenvalue weighted by Crippen LogP contribution is 2.36. The Morgan fingerprint density at radius 3 is 2.31 bits per heavy atom. The van der Waals surface area contributed by atoms with Gasteiger partial charge in [-0.05, 0) is 25.0 Å². The number of ether oxygens (including phenoxy) is 2. The molecule has 9 heteroatoms. The van der Waals surface area contributed by atoms with Crippen LogP contribution in [0.25, 0.3) is 0 Å². The van der Waals surface area contributed by atoms with Gasteiger partial charge in [0, 0.05) is 44.0 Å². The van der Waals surface area contributed by atoms with Gasteiger partial charge in [0.2, 0.25) is 5.95 Å². The first kappa shape index (κ1) is 23.3. The average Bonchev–Trinajstić information content (AvgIpc) is 2.66. The molecule has 4 rings (SSSR count). The lowest BCUT2D eigenvalue weighted by Crippen LogP contribution is -2.39. The number of piperidine rings is 1. The molecular formula is C20H29Cl2N5O2. The zero-order valence-corrected chi connectivity index (χ0v) is 18.1. The Morgan fingerprint density at radius 2 is 1.69 bits per heavy atom.